The number of hydrogen-bond acceptors (Lipinski definition) is 4. The van der Waals surface area contributed by atoms with Gasteiger partial charge in [0.2, 0.25) is 0 Å². The van der Waals surface area contributed by atoms with Crippen LogP contribution >= 0.6 is 0 Å². The Labute approximate surface area is 106 Å². The number of nitrogens with zero attached hydrogens (tertiary/aromatic N) is 3. The van der Waals surface area contributed by atoms with Gasteiger partial charge in [-0.25, -0.2) is 4.98 Å². The van der Waals surface area contributed by atoms with Crippen LogP contribution in [0.4, 0.5) is 0 Å². The summed E-state index contributed by atoms with van der Waals surface area (Å²) in [4.78, 5) is 18.1. The van der Waals surface area contributed by atoms with Crippen LogP contribution in [0.5, 0.6) is 0 Å². The Hall–Kier alpha value is -1.40. The standard InChI is InChI=1S/C12H20N4O2/c13-3-5-15-8-11(14-9-15)12(18)16-4-1-10(7-16)2-6-17/h8-10,17H,1-7,13H2. The molecule has 0 radical (unpaired) electrons. The minimum atomic E-state index is -0.0220. The van der Waals surface area contributed by atoms with Crippen molar-refractivity contribution in [1.82, 2.24) is 14.5 Å². The molecule has 6 nitrogen and oxygen atoms in total. The van der Waals surface area contributed by atoms with Crippen molar-refractivity contribution in [3.63, 3.8) is 0 Å². The first-order valence-corrected chi connectivity index (χ1v) is 6.36. The number of amides is 1. The molecule has 1 saturated heterocycles. The number of hydrogen-bond donors (Lipinski definition) is 2. The molecule has 1 atom stereocenters. The molecule has 3 N–H and O–H groups in total. The lowest BCUT2D eigenvalue weighted by Gasteiger charge is -2.14. The molecule has 0 aliphatic carbocycles. The van der Waals surface area contributed by atoms with Gasteiger partial charge in [-0.1, -0.05) is 0 Å². The van der Waals surface area contributed by atoms with Crippen molar-refractivity contribution in [2.45, 2.75) is 19.4 Å². The summed E-state index contributed by atoms with van der Waals surface area (Å²) < 4.78 is 1.83. The van der Waals surface area contributed by atoms with E-state index in [0.29, 0.717) is 24.7 Å². The Morgan fingerprint density at radius 1 is 1.61 bits per heavy atom. The lowest BCUT2D eigenvalue weighted by Crippen LogP contribution is -2.29. The van der Waals surface area contributed by atoms with Crippen LogP contribution in [0.3, 0.4) is 0 Å². The van der Waals surface area contributed by atoms with E-state index in [1.807, 2.05) is 9.47 Å². The molecule has 1 aliphatic heterocycles. The first-order valence-electron chi connectivity index (χ1n) is 6.36. The second-order valence-corrected chi connectivity index (χ2v) is 4.70. The fourth-order valence-electron chi connectivity index (χ4n) is 2.34. The molecular weight excluding hydrogens is 232 g/mol. The molecule has 6 heteroatoms. The Kier molecular flexibility index (Phi) is 4.33. The SMILES string of the molecule is NCCn1cnc(C(=O)N2CCC(CCO)C2)c1. The fourth-order valence-corrected chi connectivity index (χ4v) is 2.34. The molecule has 1 fully saturated rings. The van der Waals surface area contributed by atoms with Gasteiger partial charge in [0, 0.05) is 39.0 Å². The lowest BCUT2D eigenvalue weighted by molar-refractivity contribution is 0.0779. The van der Waals surface area contributed by atoms with Gasteiger partial charge in [-0.2, -0.15) is 0 Å². The van der Waals surface area contributed by atoms with Gasteiger partial charge in [0.15, 0.2) is 0 Å². The van der Waals surface area contributed by atoms with Crippen molar-refractivity contribution < 1.29 is 9.90 Å². The van der Waals surface area contributed by atoms with E-state index >= 15 is 0 Å². The predicted octanol–water partition coefficient (Wildman–Crippen LogP) is -0.314. The van der Waals surface area contributed by atoms with Crippen LogP contribution in [-0.4, -0.2) is 51.7 Å². The van der Waals surface area contributed by atoms with Crippen molar-refractivity contribution >= 4 is 5.91 Å². The summed E-state index contributed by atoms with van der Waals surface area (Å²) in [5.41, 5.74) is 5.93. The maximum atomic E-state index is 12.2. The van der Waals surface area contributed by atoms with Gasteiger partial charge in [-0.15, -0.1) is 0 Å². The van der Waals surface area contributed by atoms with E-state index in [0.717, 1.165) is 25.9 Å². The molecule has 1 aliphatic rings. The molecule has 1 aromatic rings. The van der Waals surface area contributed by atoms with E-state index in [1.165, 1.54) is 0 Å². The van der Waals surface area contributed by atoms with E-state index in [9.17, 15) is 4.79 Å². The van der Waals surface area contributed by atoms with Crippen LogP contribution in [0.15, 0.2) is 12.5 Å². The molecule has 0 spiro atoms. The highest BCUT2D eigenvalue weighted by molar-refractivity contribution is 5.92. The second-order valence-electron chi connectivity index (χ2n) is 4.70. The average molecular weight is 252 g/mol. The second kappa shape index (κ2) is 5.97. The smallest absolute Gasteiger partial charge is 0.274 e. The van der Waals surface area contributed by atoms with E-state index in [4.69, 9.17) is 10.8 Å². The van der Waals surface area contributed by atoms with Crippen molar-refractivity contribution in [3.8, 4) is 0 Å². The quantitative estimate of drug-likeness (QED) is 0.752. The fraction of sp³-hybridized carbons (Fsp3) is 0.667. The number of carbonyl (C=O) groups is 1. The summed E-state index contributed by atoms with van der Waals surface area (Å²) >= 11 is 0. The Bertz CT molecular complexity index is 405. The van der Waals surface area contributed by atoms with Crippen molar-refractivity contribution in [1.29, 1.82) is 0 Å². The molecule has 1 amide bonds. The third kappa shape index (κ3) is 2.88. The van der Waals surface area contributed by atoms with Gasteiger partial charge < -0.3 is 20.3 Å². The molecule has 18 heavy (non-hydrogen) atoms. The van der Waals surface area contributed by atoms with Crippen molar-refractivity contribution in [2.75, 3.05) is 26.2 Å². The minimum Gasteiger partial charge on any atom is -0.396 e. The molecule has 2 heterocycles. The maximum Gasteiger partial charge on any atom is 0.274 e. The van der Waals surface area contributed by atoms with Gasteiger partial charge in [0.05, 0.1) is 6.33 Å². The number of nitrogens with two attached hydrogens (primary N) is 1. The normalized spacial score (nSPS) is 19.4. The summed E-state index contributed by atoms with van der Waals surface area (Å²) in [6, 6.07) is 0. The highest BCUT2D eigenvalue weighted by Crippen LogP contribution is 2.20. The molecule has 100 valence electrons. The van der Waals surface area contributed by atoms with Crippen LogP contribution in [0.25, 0.3) is 0 Å². The highest BCUT2D eigenvalue weighted by Gasteiger charge is 2.27. The summed E-state index contributed by atoms with van der Waals surface area (Å²) in [5.74, 6) is 0.399. The number of aromatic nitrogens is 2. The monoisotopic (exact) mass is 252 g/mol. The van der Waals surface area contributed by atoms with Crippen LogP contribution in [0.1, 0.15) is 23.3 Å². The number of rotatable bonds is 5. The number of likely N-dealkylation sites (tertiary alicyclic amines) is 1. The summed E-state index contributed by atoms with van der Waals surface area (Å²) in [7, 11) is 0. The zero-order chi connectivity index (χ0) is 13.0. The Morgan fingerprint density at radius 3 is 3.17 bits per heavy atom. The zero-order valence-electron chi connectivity index (χ0n) is 10.5. The van der Waals surface area contributed by atoms with Gasteiger partial charge >= 0.3 is 0 Å². The zero-order valence-corrected chi connectivity index (χ0v) is 10.5. The lowest BCUT2D eigenvalue weighted by atomic mass is 10.1. The van der Waals surface area contributed by atoms with Crippen LogP contribution in [-0.2, 0) is 6.54 Å². The maximum absolute atomic E-state index is 12.2. The first kappa shape index (κ1) is 13.0. The number of carbonyl (C=O) groups excluding carboxylic acids is 1. The Balaban J connectivity index is 1.94. The summed E-state index contributed by atoms with van der Waals surface area (Å²) in [6.45, 7) is 2.88. The molecule has 1 unspecified atom stereocenters. The number of imidazole rings is 1. The van der Waals surface area contributed by atoms with Crippen LogP contribution in [0, 0.1) is 5.92 Å². The first-order chi connectivity index (χ1) is 8.74. The average Bonchev–Trinajstić information content (AvgIpc) is 2.98. The molecule has 0 aromatic carbocycles. The molecule has 0 bridgehead atoms. The van der Waals surface area contributed by atoms with E-state index in [1.54, 1.807) is 12.5 Å². The third-order valence-corrected chi connectivity index (χ3v) is 3.35. The van der Waals surface area contributed by atoms with Gasteiger partial charge in [0.25, 0.3) is 5.91 Å². The van der Waals surface area contributed by atoms with Crippen molar-refractivity contribution in [3.05, 3.63) is 18.2 Å². The summed E-state index contributed by atoms with van der Waals surface area (Å²) in [6.07, 6.45) is 5.12. The number of aliphatic hydroxyl groups is 1. The summed E-state index contributed by atoms with van der Waals surface area (Å²) in [5, 5.41) is 8.90. The predicted molar refractivity (Wildman–Crippen MR) is 67.0 cm³/mol. The van der Waals surface area contributed by atoms with E-state index in [2.05, 4.69) is 4.98 Å². The molecule has 2 rings (SSSR count). The Morgan fingerprint density at radius 2 is 2.44 bits per heavy atom. The van der Waals surface area contributed by atoms with Crippen LogP contribution in [0.2, 0.25) is 0 Å². The highest BCUT2D eigenvalue weighted by atomic mass is 16.3. The minimum absolute atomic E-state index is 0.0220. The van der Waals surface area contributed by atoms with E-state index < -0.39 is 0 Å². The van der Waals surface area contributed by atoms with Gasteiger partial charge in [-0.3, -0.25) is 4.79 Å². The molecular formula is C12H20N4O2. The molecule has 1 aromatic heterocycles. The van der Waals surface area contributed by atoms with Gasteiger partial charge in [0.1, 0.15) is 5.69 Å². The largest absolute Gasteiger partial charge is 0.396 e. The molecule has 0 saturated carbocycles. The third-order valence-electron chi connectivity index (χ3n) is 3.35. The van der Waals surface area contributed by atoms with Crippen LogP contribution < -0.4 is 5.73 Å². The number of aliphatic hydroxyl groups excluding tert-OH is 1. The van der Waals surface area contributed by atoms with E-state index in [-0.39, 0.29) is 12.5 Å². The van der Waals surface area contributed by atoms with Crippen molar-refractivity contribution in [2.24, 2.45) is 11.7 Å². The topological polar surface area (TPSA) is 84.4 Å². The van der Waals surface area contributed by atoms with Gasteiger partial charge in [-0.05, 0) is 18.8 Å².